The number of piperidine rings is 1. The van der Waals surface area contributed by atoms with E-state index in [0.29, 0.717) is 12.4 Å². The van der Waals surface area contributed by atoms with Gasteiger partial charge in [-0.05, 0) is 49.4 Å². The minimum atomic E-state index is -3.26. The number of nitrogens with one attached hydrogen (secondary N) is 1. The molecule has 1 aromatic heterocycles. The van der Waals surface area contributed by atoms with Crippen LogP contribution in [0.25, 0.3) is 0 Å². The monoisotopic (exact) mass is 566 g/mol. The molecular formula is C30H38N4O5S. The third-order valence-corrected chi connectivity index (χ3v) is 8.59. The Morgan fingerprint density at radius 2 is 1.77 bits per heavy atom. The van der Waals surface area contributed by atoms with Crippen LogP contribution < -0.4 is 5.32 Å². The summed E-state index contributed by atoms with van der Waals surface area (Å²) in [6.07, 6.45) is 5.32. The van der Waals surface area contributed by atoms with Crippen LogP contribution >= 0.6 is 0 Å². The molecule has 0 unspecified atom stereocenters. The molecule has 9 nitrogen and oxygen atoms in total. The summed E-state index contributed by atoms with van der Waals surface area (Å²) >= 11 is 0. The summed E-state index contributed by atoms with van der Waals surface area (Å²) < 4.78 is 28.6. The second kappa shape index (κ2) is 13.2. The van der Waals surface area contributed by atoms with Gasteiger partial charge in [-0.1, -0.05) is 42.5 Å². The number of hydrogen-bond acceptors (Lipinski definition) is 7. The number of carbonyl (C=O) groups excluding carboxylic acids is 2. The molecule has 0 aliphatic carbocycles. The van der Waals surface area contributed by atoms with Crippen molar-refractivity contribution >= 4 is 21.7 Å². The first-order valence-electron chi connectivity index (χ1n) is 13.7. The van der Waals surface area contributed by atoms with E-state index in [1.54, 1.807) is 31.2 Å². The average Bonchev–Trinajstić information content (AvgIpc) is 3.39. The number of likely N-dealkylation sites (N-methyl/N-ethyl adjacent to an activating group) is 1. The van der Waals surface area contributed by atoms with E-state index in [9.17, 15) is 18.0 Å². The zero-order valence-electron chi connectivity index (χ0n) is 23.4. The Hall–Kier alpha value is -3.50. The Bertz CT molecular complexity index is 1380. The van der Waals surface area contributed by atoms with Gasteiger partial charge in [0.1, 0.15) is 6.26 Å². The first-order valence-corrected chi connectivity index (χ1v) is 15.6. The van der Waals surface area contributed by atoms with Crippen LogP contribution in [0.4, 0.5) is 0 Å². The van der Waals surface area contributed by atoms with Crippen molar-refractivity contribution in [1.82, 2.24) is 20.1 Å². The molecule has 1 fully saturated rings. The number of amides is 2. The molecule has 3 aromatic rings. The number of rotatable bonds is 11. The summed E-state index contributed by atoms with van der Waals surface area (Å²) in [5.41, 5.74) is 2.12. The van der Waals surface area contributed by atoms with Crippen LogP contribution in [0.5, 0.6) is 0 Å². The molecule has 1 aliphatic rings. The number of aryl methyl sites for hydroxylation is 1. The molecule has 0 radical (unpaired) electrons. The van der Waals surface area contributed by atoms with Crippen molar-refractivity contribution in [1.29, 1.82) is 0 Å². The second-order valence-corrected chi connectivity index (χ2v) is 12.3. The Morgan fingerprint density at radius 3 is 2.35 bits per heavy atom. The van der Waals surface area contributed by atoms with Gasteiger partial charge in [0, 0.05) is 45.4 Å². The number of sulfone groups is 1. The molecule has 2 heterocycles. The zero-order chi connectivity index (χ0) is 28.7. The van der Waals surface area contributed by atoms with Crippen LogP contribution in [-0.2, 0) is 21.1 Å². The van der Waals surface area contributed by atoms with E-state index in [-0.39, 0.29) is 40.9 Å². The number of hydrogen-bond donors (Lipinski definition) is 1. The highest BCUT2D eigenvalue weighted by Gasteiger charge is 2.28. The molecule has 0 spiro atoms. The minimum absolute atomic E-state index is 0.0583. The lowest BCUT2D eigenvalue weighted by molar-refractivity contribution is -0.133. The predicted octanol–water partition coefficient (Wildman–Crippen LogP) is 3.80. The van der Waals surface area contributed by atoms with Crippen molar-refractivity contribution in [2.24, 2.45) is 0 Å². The molecule has 2 amide bonds. The predicted molar refractivity (Wildman–Crippen MR) is 153 cm³/mol. The number of carbonyl (C=O) groups is 2. The molecule has 1 atom stereocenters. The third-order valence-electron chi connectivity index (χ3n) is 7.46. The van der Waals surface area contributed by atoms with Gasteiger partial charge in [-0.15, -0.1) is 0 Å². The van der Waals surface area contributed by atoms with Gasteiger partial charge in [-0.2, -0.15) is 0 Å². The Morgan fingerprint density at radius 1 is 1.10 bits per heavy atom. The molecule has 10 heteroatoms. The molecule has 4 rings (SSSR count). The number of benzene rings is 2. The van der Waals surface area contributed by atoms with Gasteiger partial charge in [-0.25, -0.2) is 13.4 Å². The normalized spacial score (nSPS) is 15.5. The molecule has 1 N–H and O–H groups in total. The quantitative estimate of drug-likeness (QED) is 0.376. The fourth-order valence-electron chi connectivity index (χ4n) is 5.24. The standard InChI is InChI=1S/C30H38N4O5S/c1-4-34(29(35)20-23-10-12-26(13-11-23)40(3,37)38)25-14-17-33(18-15-25)19-16-27(24-8-6-5-7-9-24)32-30(36)28-21-39-22(2)31-28/h5-13,21,25,27H,4,14-20H2,1-3H3,(H,32,36)/t27-/m0/s1. The van der Waals surface area contributed by atoms with Crippen LogP contribution in [0, 0.1) is 6.92 Å². The van der Waals surface area contributed by atoms with Crippen molar-refractivity contribution in [2.75, 3.05) is 32.4 Å². The SMILES string of the molecule is CCN(C(=O)Cc1ccc(S(C)(=O)=O)cc1)C1CCN(CC[C@H](NC(=O)c2coc(C)n2)c2ccccc2)CC1. The summed E-state index contributed by atoms with van der Waals surface area (Å²) in [4.78, 5) is 34.7. The first-order chi connectivity index (χ1) is 19.1. The van der Waals surface area contributed by atoms with E-state index in [0.717, 1.165) is 50.0 Å². The summed E-state index contributed by atoms with van der Waals surface area (Å²) in [6, 6.07) is 16.5. The molecule has 2 aromatic carbocycles. The van der Waals surface area contributed by atoms with Crippen molar-refractivity contribution in [2.45, 2.75) is 56.5 Å². The van der Waals surface area contributed by atoms with E-state index in [4.69, 9.17) is 4.42 Å². The molecule has 0 bridgehead atoms. The number of likely N-dealkylation sites (tertiary alicyclic amines) is 1. The molecule has 214 valence electrons. The molecular weight excluding hydrogens is 528 g/mol. The lowest BCUT2D eigenvalue weighted by Crippen LogP contribution is -2.48. The number of nitrogens with zero attached hydrogens (tertiary/aromatic N) is 3. The Labute approximate surface area is 236 Å². The number of oxazole rings is 1. The van der Waals surface area contributed by atoms with Gasteiger partial charge in [0.25, 0.3) is 5.91 Å². The molecule has 1 aliphatic heterocycles. The van der Waals surface area contributed by atoms with Crippen molar-refractivity contribution < 1.29 is 22.4 Å². The average molecular weight is 567 g/mol. The van der Waals surface area contributed by atoms with Crippen LogP contribution in [0.3, 0.4) is 0 Å². The largest absolute Gasteiger partial charge is 0.448 e. The van der Waals surface area contributed by atoms with Crippen LogP contribution in [0.1, 0.15) is 59.7 Å². The highest BCUT2D eigenvalue weighted by atomic mass is 32.2. The van der Waals surface area contributed by atoms with Gasteiger partial charge in [0.15, 0.2) is 21.4 Å². The zero-order valence-corrected chi connectivity index (χ0v) is 24.2. The number of aromatic nitrogens is 1. The summed E-state index contributed by atoms with van der Waals surface area (Å²) in [5.74, 6) is 0.254. The second-order valence-electron chi connectivity index (χ2n) is 10.3. The van der Waals surface area contributed by atoms with E-state index in [1.165, 1.54) is 12.5 Å². The first kappa shape index (κ1) is 29.5. The van der Waals surface area contributed by atoms with Crippen molar-refractivity contribution in [3.8, 4) is 0 Å². The van der Waals surface area contributed by atoms with Crippen LogP contribution in [0.2, 0.25) is 0 Å². The topological polar surface area (TPSA) is 113 Å². The third kappa shape index (κ3) is 7.79. The summed E-state index contributed by atoms with van der Waals surface area (Å²) in [7, 11) is -3.26. The lowest BCUT2D eigenvalue weighted by Gasteiger charge is -2.38. The van der Waals surface area contributed by atoms with Gasteiger partial charge in [-0.3, -0.25) is 9.59 Å². The van der Waals surface area contributed by atoms with E-state index >= 15 is 0 Å². The molecule has 40 heavy (non-hydrogen) atoms. The lowest BCUT2D eigenvalue weighted by atomic mass is 9.99. The van der Waals surface area contributed by atoms with Crippen LogP contribution in [0.15, 0.2) is 70.2 Å². The Balaban J connectivity index is 1.30. The molecule has 0 saturated carbocycles. The van der Waals surface area contributed by atoms with Gasteiger partial charge >= 0.3 is 0 Å². The highest BCUT2D eigenvalue weighted by Crippen LogP contribution is 2.22. The van der Waals surface area contributed by atoms with Gasteiger partial charge in [0.2, 0.25) is 5.91 Å². The van der Waals surface area contributed by atoms with Crippen LogP contribution in [-0.4, -0.2) is 73.5 Å². The van der Waals surface area contributed by atoms with E-state index in [2.05, 4.69) is 15.2 Å². The summed E-state index contributed by atoms with van der Waals surface area (Å²) in [5, 5.41) is 3.11. The Kier molecular flexibility index (Phi) is 9.76. The van der Waals surface area contributed by atoms with Gasteiger partial charge < -0.3 is 19.5 Å². The molecule has 1 saturated heterocycles. The smallest absolute Gasteiger partial charge is 0.273 e. The van der Waals surface area contributed by atoms with Gasteiger partial charge in [0.05, 0.1) is 17.4 Å². The fraction of sp³-hybridized carbons (Fsp3) is 0.433. The van der Waals surface area contributed by atoms with Crippen molar-refractivity contribution in [3.63, 3.8) is 0 Å². The maximum Gasteiger partial charge on any atom is 0.273 e. The maximum absolute atomic E-state index is 13.1. The highest BCUT2D eigenvalue weighted by molar-refractivity contribution is 7.90. The summed E-state index contributed by atoms with van der Waals surface area (Å²) in [6.45, 7) is 6.90. The maximum atomic E-state index is 13.1. The van der Waals surface area contributed by atoms with E-state index in [1.807, 2.05) is 42.2 Å². The minimum Gasteiger partial charge on any atom is -0.448 e. The fourth-order valence-corrected chi connectivity index (χ4v) is 5.87. The van der Waals surface area contributed by atoms with Crippen molar-refractivity contribution in [3.05, 3.63) is 83.6 Å². The van der Waals surface area contributed by atoms with E-state index < -0.39 is 9.84 Å².